The fourth-order valence-electron chi connectivity index (χ4n) is 2.49. The second kappa shape index (κ2) is 6.08. The van der Waals surface area contributed by atoms with Gasteiger partial charge in [0.05, 0.1) is 11.0 Å². The van der Waals surface area contributed by atoms with Crippen molar-refractivity contribution in [1.82, 2.24) is 14.5 Å². The van der Waals surface area contributed by atoms with E-state index in [1.807, 2.05) is 30.3 Å². The van der Waals surface area contributed by atoms with Crippen molar-refractivity contribution in [3.8, 4) is 0 Å². The molecule has 23 heavy (non-hydrogen) atoms. The number of aromatic amines is 1. The molecule has 0 fully saturated rings. The van der Waals surface area contributed by atoms with Gasteiger partial charge in [-0.2, -0.15) is 0 Å². The summed E-state index contributed by atoms with van der Waals surface area (Å²) in [6, 6.07) is 13.6. The first-order valence-corrected chi connectivity index (χ1v) is 7.20. The van der Waals surface area contributed by atoms with Crippen molar-refractivity contribution in [2.45, 2.75) is 13.1 Å². The van der Waals surface area contributed by atoms with Gasteiger partial charge in [0.25, 0.3) is 0 Å². The van der Waals surface area contributed by atoms with E-state index in [0.717, 1.165) is 5.56 Å². The summed E-state index contributed by atoms with van der Waals surface area (Å²) in [5, 5.41) is 0. The molecular formula is C17H16FN3O2. The van der Waals surface area contributed by atoms with Crippen LogP contribution in [0, 0.1) is 5.82 Å². The zero-order valence-electron chi connectivity index (χ0n) is 12.6. The third-order valence-electron chi connectivity index (χ3n) is 3.72. The molecule has 3 aromatic rings. The van der Waals surface area contributed by atoms with Crippen LogP contribution in [-0.4, -0.2) is 27.4 Å². The van der Waals surface area contributed by atoms with Gasteiger partial charge in [-0.3, -0.25) is 9.36 Å². The standard InChI is InChI=1S/C17H16FN3O2/c1-20(10-12-5-3-2-4-6-12)16(22)11-21-15-8-7-13(18)9-14(15)19-17(21)23/h2-9H,10-11H2,1H3,(H,19,23). The minimum Gasteiger partial charge on any atom is -0.340 e. The first-order valence-electron chi connectivity index (χ1n) is 7.20. The predicted molar refractivity (Wildman–Crippen MR) is 85.4 cm³/mol. The van der Waals surface area contributed by atoms with Gasteiger partial charge < -0.3 is 9.88 Å². The molecule has 1 aromatic heterocycles. The van der Waals surface area contributed by atoms with Crippen LogP contribution in [0.3, 0.4) is 0 Å². The highest BCUT2D eigenvalue weighted by molar-refractivity contribution is 5.80. The molecule has 0 unspecified atom stereocenters. The SMILES string of the molecule is CN(Cc1ccccc1)C(=O)Cn1c(=O)[nH]c2cc(F)ccc21. The van der Waals surface area contributed by atoms with Crippen molar-refractivity contribution in [3.05, 3.63) is 70.4 Å². The van der Waals surface area contributed by atoms with Crippen LogP contribution in [0.2, 0.25) is 0 Å². The Morgan fingerprint density at radius 1 is 1.22 bits per heavy atom. The maximum absolute atomic E-state index is 13.2. The van der Waals surface area contributed by atoms with E-state index in [9.17, 15) is 14.0 Å². The van der Waals surface area contributed by atoms with Gasteiger partial charge in [-0.15, -0.1) is 0 Å². The molecule has 3 rings (SSSR count). The van der Waals surface area contributed by atoms with E-state index in [-0.39, 0.29) is 12.5 Å². The van der Waals surface area contributed by atoms with Crippen LogP contribution in [-0.2, 0) is 17.9 Å². The maximum atomic E-state index is 13.2. The van der Waals surface area contributed by atoms with Crippen molar-refractivity contribution in [3.63, 3.8) is 0 Å². The van der Waals surface area contributed by atoms with Gasteiger partial charge in [-0.1, -0.05) is 30.3 Å². The Kier molecular flexibility index (Phi) is 3.97. The van der Waals surface area contributed by atoms with E-state index in [4.69, 9.17) is 0 Å². The van der Waals surface area contributed by atoms with E-state index in [2.05, 4.69) is 4.98 Å². The smallest absolute Gasteiger partial charge is 0.326 e. The second-order valence-electron chi connectivity index (χ2n) is 5.41. The summed E-state index contributed by atoms with van der Waals surface area (Å²) in [7, 11) is 1.69. The third kappa shape index (κ3) is 3.15. The average molecular weight is 313 g/mol. The molecule has 0 saturated heterocycles. The molecule has 0 bridgehead atoms. The summed E-state index contributed by atoms with van der Waals surface area (Å²) < 4.78 is 14.5. The fourth-order valence-corrected chi connectivity index (χ4v) is 2.49. The number of rotatable bonds is 4. The van der Waals surface area contributed by atoms with Crippen molar-refractivity contribution in [1.29, 1.82) is 0 Å². The Hall–Kier alpha value is -2.89. The summed E-state index contributed by atoms with van der Waals surface area (Å²) in [6.45, 7) is 0.374. The van der Waals surface area contributed by atoms with E-state index in [1.54, 1.807) is 11.9 Å². The lowest BCUT2D eigenvalue weighted by atomic mass is 10.2. The van der Waals surface area contributed by atoms with E-state index in [0.29, 0.717) is 17.6 Å². The lowest BCUT2D eigenvalue weighted by Gasteiger charge is -2.17. The highest BCUT2D eigenvalue weighted by atomic mass is 19.1. The van der Waals surface area contributed by atoms with Gasteiger partial charge in [-0.05, 0) is 23.8 Å². The van der Waals surface area contributed by atoms with Crippen LogP contribution < -0.4 is 5.69 Å². The van der Waals surface area contributed by atoms with Gasteiger partial charge in [0.15, 0.2) is 0 Å². The molecule has 1 heterocycles. The minimum absolute atomic E-state index is 0.0895. The molecule has 0 aliphatic carbocycles. The molecular weight excluding hydrogens is 297 g/mol. The monoisotopic (exact) mass is 313 g/mol. The van der Waals surface area contributed by atoms with Crippen LogP contribution in [0.15, 0.2) is 53.3 Å². The number of nitrogens with one attached hydrogen (secondary N) is 1. The highest BCUT2D eigenvalue weighted by Gasteiger charge is 2.14. The largest absolute Gasteiger partial charge is 0.340 e. The topological polar surface area (TPSA) is 58.1 Å². The minimum atomic E-state index is -0.432. The summed E-state index contributed by atoms with van der Waals surface area (Å²) in [4.78, 5) is 28.5. The molecule has 0 aliphatic rings. The number of imidazole rings is 1. The molecule has 2 aromatic carbocycles. The van der Waals surface area contributed by atoms with Crippen LogP contribution in [0.4, 0.5) is 4.39 Å². The van der Waals surface area contributed by atoms with Gasteiger partial charge in [-0.25, -0.2) is 9.18 Å². The number of fused-ring (bicyclic) bond motifs is 1. The molecule has 118 valence electrons. The molecule has 1 N–H and O–H groups in total. The Morgan fingerprint density at radius 2 is 1.96 bits per heavy atom. The van der Waals surface area contributed by atoms with Crippen molar-refractivity contribution in [2.24, 2.45) is 0 Å². The zero-order valence-corrected chi connectivity index (χ0v) is 12.6. The van der Waals surface area contributed by atoms with E-state index >= 15 is 0 Å². The summed E-state index contributed by atoms with van der Waals surface area (Å²) in [6.07, 6.45) is 0. The lowest BCUT2D eigenvalue weighted by Crippen LogP contribution is -2.32. The number of H-pyrrole nitrogens is 1. The maximum Gasteiger partial charge on any atom is 0.326 e. The van der Waals surface area contributed by atoms with Crippen LogP contribution in [0.1, 0.15) is 5.56 Å². The summed E-state index contributed by atoms with van der Waals surface area (Å²) in [5.41, 5.74) is 1.48. The second-order valence-corrected chi connectivity index (χ2v) is 5.41. The highest BCUT2D eigenvalue weighted by Crippen LogP contribution is 2.12. The number of hydrogen-bond acceptors (Lipinski definition) is 2. The first kappa shape index (κ1) is 15.0. The number of carbonyl (C=O) groups is 1. The van der Waals surface area contributed by atoms with Gasteiger partial charge in [0.1, 0.15) is 12.4 Å². The zero-order chi connectivity index (χ0) is 16.4. The van der Waals surface area contributed by atoms with Crippen molar-refractivity contribution >= 4 is 16.9 Å². The molecule has 0 radical (unpaired) electrons. The number of benzene rings is 2. The van der Waals surface area contributed by atoms with E-state index < -0.39 is 11.5 Å². The number of hydrogen-bond donors (Lipinski definition) is 1. The molecule has 6 heteroatoms. The first-order chi connectivity index (χ1) is 11.0. The molecule has 0 spiro atoms. The van der Waals surface area contributed by atoms with Crippen LogP contribution in [0.5, 0.6) is 0 Å². The molecule has 5 nitrogen and oxygen atoms in total. The number of likely N-dealkylation sites (N-methyl/N-ethyl adjacent to an activating group) is 1. The number of carbonyl (C=O) groups excluding carboxylic acids is 1. The Bertz CT molecular complexity index is 899. The Morgan fingerprint density at radius 3 is 2.70 bits per heavy atom. The average Bonchev–Trinajstić information content (AvgIpc) is 2.83. The van der Waals surface area contributed by atoms with Crippen molar-refractivity contribution < 1.29 is 9.18 Å². The number of nitrogens with zero attached hydrogens (tertiary/aromatic N) is 2. The molecule has 0 aliphatic heterocycles. The van der Waals surface area contributed by atoms with Crippen molar-refractivity contribution in [2.75, 3.05) is 7.05 Å². The van der Waals surface area contributed by atoms with Crippen LogP contribution in [0.25, 0.3) is 11.0 Å². The molecule has 0 saturated carbocycles. The summed E-state index contributed by atoms with van der Waals surface area (Å²) >= 11 is 0. The Labute approximate surface area is 132 Å². The van der Waals surface area contributed by atoms with Gasteiger partial charge in [0.2, 0.25) is 5.91 Å². The lowest BCUT2D eigenvalue weighted by molar-refractivity contribution is -0.131. The van der Waals surface area contributed by atoms with Crippen LogP contribution >= 0.6 is 0 Å². The normalized spacial score (nSPS) is 10.9. The quantitative estimate of drug-likeness (QED) is 0.802. The van der Waals surface area contributed by atoms with E-state index in [1.165, 1.54) is 22.8 Å². The molecule has 1 amide bonds. The predicted octanol–water partition coefficient (Wildman–Crippen LogP) is 2.13. The fraction of sp³-hybridized carbons (Fsp3) is 0.176. The van der Waals surface area contributed by atoms with Gasteiger partial charge in [0, 0.05) is 13.6 Å². The number of aromatic nitrogens is 2. The Balaban J connectivity index is 1.80. The third-order valence-corrected chi connectivity index (χ3v) is 3.72. The molecule has 0 atom stereocenters. The summed E-state index contributed by atoms with van der Waals surface area (Å²) in [5.74, 6) is -0.625. The number of halogens is 1. The van der Waals surface area contributed by atoms with Gasteiger partial charge >= 0.3 is 5.69 Å². The number of amides is 1.